The largest absolute Gasteiger partial charge is 0.335 e. The van der Waals surface area contributed by atoms with Crippen LogP contribution in [0, 0.1) is 24.0 Å². The third-order valence-corrected chi connectivity index (χ3v) is 4.77. The van der Waals surface area contributed by atoms with E-state index in [0.29, 0.717) is 31.7 Å². The molecule has 1 heterocycles. The number of urea groups is 1. The van der Waals surface area contributed by atoms with Gasteiger partial charge in [0.25, 0.3) is 11.6 Å². The summed E-state index contributed by atoms with van der Waals surface area (Å²) in [7, 11) is 0. The second kappa shape index (κ2) is 8.08. The molecule has 0 unspecified atom stereocenters. The molecule has 3 amide bonds. The molecule has 0 atom stereocenters. The van der Waals surface area contributed by atoms with Crippen LogP contribution in [0.1, 0.15) is 21.5 Å². The fourth-order valence-electron chi connectivity index (χ4n) is 3.28. The number of para-hydroxylation sites is 1. The summed E-state index contributed by atoms with van der Waals surface area (Å²) in [6, 6.07) is 12.0. The molecule has 0 radical (unpaired) electrons. The van der Waals surface area contributed by atoms with Crippen molar-refractivity contribution in [1.29, 1.82) is 0 Å². The number of nitro groups is 1. The van der Waals surface area contributed by atoms with E-state index in [1.807, 2.05) is 31.2 Å². The lowest BCUT2D eigenvalue weighted by Crippen LogP contribution is -2.51. The second-order valence-corrected chi connectivity index (χ2v) is 6.81. The average Bonchev–Trinajstić information content (AvgIpc) is 2.67. The van der Waals surface area contributed by atoms with E-state index in [9.17, 15) is 19.7 Å². The molecule has 0 spiro atoms. The lowest BCUT2D eigenvalue weighted by atomic mass is 10.1. The van der Waals surface area contributed by atoms with Gasteiger partial charge >= 0.3 is 6.03 Å². The minimum absolute atomic E-state index is 0.0858. The first-order valence-corrected chi connectivity index (χ1v) is 9.02. The van der Waals surface area contributed by atoms with E-state index in [4.69, 9.17) is 0 Å². The predicted octanol–water partition coefficient (Wildman–Crippen LogP) is 3.20. The van der Waals surface area contributed by atoms with Crippen molar-refractivity contribution in [3.63, 3.8) is 0 Å². The van der Waals surface area contributed by atoms with Crippen LogP contribution in [-0.2, 0) is 0 Å². The van der Waals surface area contributed by atoms with Crippen molar-refractivity contribution in [2.75, 3.05) is 31.5 Å². The van der Waals surface area contributed by atoms with Crippen LogP contribution < -0.4 is 5.32 Å². The summed E-state index contributed by atoms with van der Waals surface area (Å²) in [5.74, 6) is -0.380. The molecule has 1 aliphatic heterocycles. The zero-order chi connectivity index (χ0) is 20.3. The average molecular weight is 382 g/mol. The van der Waals surface area contributed by atoms with E-state index < -0.39 is 4.92 Å². The lowest BCUT2D eigenvalue weighted by molar-refractivity contribution is -0.385. The Morgan fingerprint density at radius 1 is 1.00 bits per heavy atom. The van der Waals surface area contributed by atoms with Crippen LogP contribution in [0.3, 0.4) is 0 Å². The quantitative estimate of drug-likeness (QED) is 0.651. The van der Waals surface area contributed by atoms with Crippen molar-refractivity contribution in [1.82, 2.24) is 9.80 Å². The molecular weight excluding hydrogens is 360 g/mol. The van der Waals surface area contributed by atoms with Crippen molar-refractivity contribution in [2.24, 2.45) is 0 Å². The number of amides is 3. The molecule has 0 bridgehead atoms. The first-order chi connectivity index (χ1) is 13.4. The molecule has 146 valence electrons. The van der Waals surface area contributed by atoms with Crippen LogP contribution in [0.15, 0.2) is 42.5 Å². The summed E-state index contributed by atoms with van der Waals surface area (Å²) in [5.41, 5.74) is 2.15. The van der Waals surface area contributed by atoms with E-state index in [1.54, 1.807) is 28.9 Å². The van der Waals surface area contributed by atoms with Crippen molar-refractivity contribution < 1.29 is 14.5 Å². The summed E-state index contributed by atoms with van der Waals surface area (Å²) >= 11 is 0. The van der Waals surface area contributed by atoms with Gasteiger partial charge in [-0.2, -0.15) is 0 Å². The van der Waals surface area contributed by atoms with Crippen molar-refractivity contribution >= 4 is 23.3 Å². The molecule has 3 rings (SSSR count). The number of piperazine rings is 1. The standard InChI is InChI=1S/C20H22N4O4/c1-14-5-3-7-16(13-14)21-20(26)23-11-9-22(10-12-23)19(25)17-8-4-6-15(2)18(17)24(27)28/h3-8,13H,9-12H2,1-2H3,(H,21,26). The van der Waals surface area contributed by atoms with Crippen molar-refractivity contribution in [3.8, 4) is 0 Å². The number of anilines is 1. The molecule has 2 aromatic rings. The fourth-order valence-corrected chi connectivity index (χ4v) is 3.28. The van der Waals surface area contributed by atoms with E-state index in [1.165, 1.54) is 6.07 Å². The molecule has 1 N–H and O–H groups in total. The highest BCUT2D eigenvalue weighted by molar-refractivity contribution is 5.99. The highest BCUT2D eigenvalue weighted by atomic mass is 16.6. The Labute approximate surface area is 162 Å². The van der Waals surface area contributed by atoms with Crippen LogP contribution >= 0.6 is 0 Å². The Morgan fingerprint density at radius 3 is 2.29 bits per heavy atom. The minimum atomic E-state index is -0.520. The number of nitro benzene ring substituents is 1. The molecule has 0 aromatic heterocycles. The molecule has 0 saturated carbocycles. The Morgan fingerprint density at radius 2 is 1.64 bits per heavy atom. The molecular formula is C20H22N4O4. The molecule has 0 aliphatic carbocycles. The van der Waals surface area contributed by atoms with Gasteiger partial charge in [-0.25, -0.2) is 4.79 Å². The molecule has 8 nitrogen and oxygen atoms in total. The summed E-state index contributed by atoms with van der Waals surface area (Å²) < 4.78 is 0. The Balaban J connectivity index is 1.64. The van der Waals surface area contributed by atoms with Gasteiger partial charge in [-0.1, -0.05) is 24.3 Å². The van der Waals surface area contributed by atoms with Gasteiger partial charge in [0.1, 0.15) is 5.56 Å². The maximum Gasteiger partial charge on any atom is 0.321 e. The number of nitrogens with zero attached hydrogens (tertiary/aromatic N) is 3. The van der Waals surface area contributed by atoms with Gasteiger partial charge in [-0.3, -0.25) is 14.9 Å². The van der Waals surface area contributed by atoms with Gasteiger partial charge in [-0.05, 0) is 37.6 Å². The first kappa shape index (κ1) is 19.3. The number of benzene rings is 2. The van der Waals surface area contributed by atoms with Gasteiger partial charge in [-0.15, -0.1) is 0 Å². The van der Waals surface area contributed by atoms with Crippen LogP contribution in [0.4, 0.5) is 16.2 Å². The smallest absolute Gasteiger partial charge is 0.321 e. The third-order valence-electron chi connectivity index (χ3n) is 4.77. The Bertz CT molecular complexity index is 920. The van der Waals surface area contributed by atoms with Crippen molar-refractivity contribution in [3.05, 3.63) is 69.3 Å². The molecule has 1 fully saturated rings. The zero-order valence-electron chi connectivity index (χ0n) is 15.8. The maximum absolute atomic E-state index is 12.8. The van der Waals surface area contributed by atoms with Crippen LogP contribution in [-0.4, -0.2) is 52.8 Å². The van der Waals surface area contributed by atoms with Gasteiger partial charge in [0.2, 0.25) is 0 Å². The monoisotopic (exact) mass is 382 g/mol. The number of carbonyl (C=O) groups excluding carboxylic acids is 2. The van der Waals surface area contributed by atoms with Crippen molar-refractivity contribution in [2.45, 2.75) is 13.8 Å². The Hall–Kier alpha value is -3.42. The molecule has 28 heavy (non-hydrogen) atoms. The maximum atomic E-state index is 12.8. The highest BCUT2D eigenvalue weighted by Crippen LogP contribution is 2.25. The Kier molecular flexibility index (Phi) is 5.58. The molecule has 1 aliphatic rings. The van der Waals surface area contributed by atoms with Crippen LogP contribution in [0.25, 0.3) is 0 Å². The zero-order valence-corrected chi connectivity index (χ0v) is 15.8. The van der Waals surface area contributed by atoms with E-state index in [-0.39, 0.29) is 23.2 Å². The van der Waals surface area contributed by atoms with Gasteiger partial charge < -0.3 is 15.1 Å². The number of hydrogen-bond acceptors (Lipinski definition) is 4. The van der Waals surface area contributed by atoms with Gasteiger partial charge in [0.15, 0.2) is 0 Å². The fraction of sp³-hybridized carbons (Fsp3) is 0.300. The topological polar surface area (TPSA) is 95.8 Å². The second-order valence-electron chi connectivity index (χ2n) is 6.81. The third kappa shape index (κ3) is 4.11. The van der Waals surface area contributed by atoms with Crippen LogP contribution in [0.2, 0.25) is 0 Å². The predicted molar refractivity (Wildman–Crippen MR) is 106 cm³/mol. The molecule has 8 heteroatoms. The minimum Gasteiger partial charge on any atom is -0.335 e. The number of hydrogen-bond donors (Lipinski definition) is 1. The summed E-state index contributed by atoms with van der Waals surface area (Å²) in [6.07, 6.45) is 0. The van der Waals surface area contributed by atoms with E-state index >= 15 is 0 Å². The number of nitrogens with one attached hydrogen (secondary N) is 1. The highest BCUT2D eigenvalue weighted by Gasteiger charge is 2.29. The van der Waals surface area contributed by atoms with E-state index in [0.717, 1.165) is 11.3 Å². The molecule has 2 aromatic carbocycles. The SMILES string of the molecule is Cc1cccc(NC(=O)N2CCN(C(=O)c3cccc(C)c3[N+](=O)[O-])CC2)c1. The molecule has 1 saturated heterocycles. The van der Waals surface area contributed by atoms with Gasteiger partial charge in [0.05, 0.1) is 4.92 Å². The lowest BCUT2D eigenvalue weighted by Gasteiger charge is -2.34. The number of rotatable bonds is 3. The number of carbonyl (C=O) groups is 2. The number of aryl methyl sites for hydroxylation is 2. The van der Waals surface area contributed by atoms with E-state index in [2.05, 4.69) is 5.32 Å². The van der Waals surface area contributed by atoms with Gasteiger partial charge in [0, 0.05) is 37.4 Å². The normalized spacial score (nSPS) is 13.9. The summed E-state index contributed by atoms with van der Waals surface area (Å²) in [6.45, 7) is 4.94. The first-order valence-electron chi connectivity index (χ1n) is 9.02. The van der Waals surface area contributed by atoms with Crippen LogP contribution in [0.5, 0.6) is 0 Å². The summed E-state index contributed by atoms with van der Waals surface area (Å²) in [4.78, 5) is 39.2. The summed E-state index contributed by atoms with van der Waals surface area (Å²) in [5, 5.41) is 14.2.